The van der Waals surface area contributed by atoms with Gasteiger partial charge in [0.05, 0.1) is 15.4 Å². The summed E-state index contributed by atoms with van der Waals surface area (Å²) in [5.41, 5.74) is 1.77. The van der Waals surface area contributed by atoms with Gasteiger partial charge in [-0.3, -0.25) is 4.79 Å². The van der Waals surface area contributed by atoms with E-state index in [4.69, 9.17) is 4.42 Å². The number of carbonyl (C=O) groups is 1. The minimum absolute atomic E-state index is 0.0864. The molecule has 0 atom stereocenters. The molecule has 3 rings (SSSR count). The lowest BCUT2D eigenvalue weighted by atomic mass is 10.2. The zero-order valence-electron chi connectivity index (χ0n) is 11.8. The molecule has 108 valence electrons. The number of nitrogens with zero attached hydrogens (tertiary/aromatic N) is 2. The third kappa shape index (κ3) is 2.74. The molecule has 1 amide bonds. The van der Waals surface area contributed by atoms with Crippen molar-refractivity contribution in [1.29, 1.82) is 0 Å². The van der Waals surface area contributed by atoms with Gasteiger partial charge in [-0.25, -0.2) is 0 Å². The van der Waals surface area contributed by atoms with Crippen LogP contribution in [0.25, 0.3) is 10.8 Å². The number of aryl methyl sites for hydroxylation is 3. The highest BCUT2D eigenvalue weighted by Crippen LogP contribution is 2.34. The number of rotatable bonds is 3. The van der Waals surface area contributed by atoms with Gasteiger partial charge in [-0.15, -0.1) is 32.9 Å². The summed E-state index contributed by atoms with van der Waals surface area (Å²) in [6, 6.07) is 3.81. The topological polar surface area (TPSA) is 68.0 Å². The molecule has 0 radical (unpaired) electrons. The fourth-order valence-electron chi connectivity index (χ4n) is 1.89. The summed E-state index contributed by atoms with van der Waals surface area (Å²) < 4.78 is 5.41. The molecule has 0 saturated heterocycles. The lowest BCUT2D eigenvalue weighted by molar-refractivity contribution is 0.103. The van der Waals surface area contributed by atoms with E-state index in [2.05, 4.69) is 15.5 Å². The molecule has 21 heavy (non-hydrogen) atoms. The van der Waals surface area contributed by atoms with Crippen LogP contribution in [0.4, 0.5) is 5.69 Å². The number of thiophene rings is 2. The summed E-state index contributed by atoms with van der Waals surface area (Å²) in [7, 11) is 0. The van der Waals surface area contributed by atoms with E-state index in [1.165, 1.54) is 22.7 Å². The number of hydrogen-bond donors (Lipinski definition) is 1. The predicted octanol–water partition coefficient (Wildman–Crippen LogP) is 4.04. The van der Waals surface area contributed by atoms with Crippen molar-refractivity contribution >= 4 is 34.3 Å². The van der Waals surface area contributed by atoms with Crippen LogP contribution in [0.2, 0.25) is 0 Å². The second-order valence-corrected chi connectivity index (χ2v) is 6.77. The maximum Gasteiger partial charge on any atom is 0.266 e. The molecule has 1 N–H and O–H groups in total. The van der Waals surface area contributed by atoms with Gasteiger partial charge < -0.3 is 9.73 Å². The smallest absolute Gasteiger partial charge is 0.266 e. The van der Waals surface area contributed by atoms with Crippen molar-refractivity contribution in [3.63, 3.8) is 0 Å². The molecule has 0 aromatic carbocycles. The summed E-state index contributed by atoms with van der Waals surface area (Å²) in [4.78, 5) is 14.8. The molecule has 0 aliphatic carbocycles. The van der Waals surface area contributed by atoms with E-state index in [-0.39, 0.29) is 5.91 Å². The summed E-state index contributed by atoms with van der Waals surface area (Å²) in [6.45, 7) is 5.63. The number of aromatic nitrogens is 2. The van der Waals surface area contributed by atoms with Crippen molar-refractivity contribution in [3.8, 4) is 10.8 Å². The Balaban J connectivity index is 1.85. The summed E-state index contributed by atoms with van der Waals surface area (Å²) >= 11 is 2.96. The van der Waals surface area contributed by atoms with Crippen LogP contribution in [0.5, 0.6) is 0 Å². The molecular weight excluding hydrogens is 306 g/mol. The zero-order chi connectivity index (χ0) is 15.0. The predicted molar refractivity (Wildman–Crippen MR) is 84.1 cm³/mol. The van der Waals surface area contributed by atoms with Crippen LogP contribution < -0.4 is 5.32 Å². The van der Waals surface area contributed by atoms with Crippen molar-refractivity contribution in [3.05, 3.63) is 38.7 Å². The summed E-state index contributed by atoms with van der Waals surface area (Å²) in [6.07, 6.45) is 0. The van der Waals surface area contributed by atoms with Crippen LogP contribution in [0, 0.1) is 20.8 Å². The Morgan fingerprint density at radius 3 is 2.71 bits per heavy atom. The van der Waals surface area contributed by atoms with Gasteiger partial charge in [-0.2, -0.15) is 0 Å². The molecule has 0 spiro atoms. The van der Waals surface area contributed by atoms with Crippen LogP contribution in [0.3, 0.4) is 0 Å². The standard InChI is InChI=1S/C14H13N3O2S2/c1-7-4-5-20-12(7)13(18)15-10-6-11(21-8(10)2)14-17-16-9(3)19-14/h4-6H,1-3H3,(H,15,18). The molecule has 0 unspecified atom stereocenters. The highest BCUT2D eigenvalue weighted by molar-refractivity contribution is 7.16. The number of amides is 1. The monoisotopic (exact) mass is 319 g/mol. The fourth-order valence-corrected chi connectivity index (χ4v) is 3.61. The second-order valence-electron chi connectivity index (χ2n) is 4.59. The molecule has 3 aromatic heterocycles. The van der Waals surface area contributed by atoms with E-state index in [1.807, 2.05) is 31.4 Å². The van der Waals surface area contributed by atoms with Crippen molar-refractivity contribution in [2.75, 3.05) is 5.32 Å². The largest absolute Gasteiger partial charge is 0.420 e. The number of hydrogen-bond acceptors (Lipinski definition) is 6. The van der Waals surface area contributed by atoms with Crippen molar-refractivity contribution in [2.45, 2.75) is 20.8 Å². The minimum Gasteiger partial charge on any atom is -0.420 e. The van der Waals surface area contributed by atoms with Crippen molar-refractivity contribution < 1.29 is 9.21 Å². The Bertz CT molecular complexity index is 801. The summed E-state index contributed by atoms with van der Waals surface area (Å²) in [5, 5.41) is 12.7. The van der Waals surface area contributed by atoms with Gasteiger partial charge in [0, 0.05) is 11.8 Å². The fraction of sp³-hybridized carbons (Fsp3) is 0.214. The zero-order valence-corrected chi connectivity index (χ0v) is 13.4. The minimum atomic E-state index is -0.0864. The molecular formula is C14H13N3O2S2. The van der Waals surface area contributed by atoms with Gasteiger partial charge >= 0.3 is 0 Å². The van der Waals surface area contributed by atoms with Gasteiger partial charge in [0.1, 0.15) is 0 Å². The third-order valence-corrected chi connectivity index (χ3v) is 5.02. The van der Waals surface area contributed by atoms with Crippen LogP contribution in [-0.2, 0) is 0 Å². The summed E-state index contributed by atoms with van der Waals surface area (Å²) in [5.74, 6) is 0.918. The van der Waals surface area contributed by atoms with Crippen LogP contribution in [-0.4, -0.2) is 16.1 Å². The number of anilines is 1. The van der Waals surface area contributed by atoms with Crippen LogP contribution >= 0.6 is 22.7 Å². The first-order valence-electron chi connectivity index (χ1n) is 6.31. The maximum atomic E-state index is 12.3. The molecule has 5 nitrogen and oxygen atoms in total. The van der Waals surface area contributed by atoms with Gasteiger partial charge in [-0.1, -0.05) is 0 Å². The molecule has 3 heterocycles. The van der Waals surface area contributed by atoms with Gasteiger partial charge in [-0.05, 0) is 36.9 Å². The molecule has 0 bridgehead atoms. The highest BCUT2D eigenvalue weighted by Gasteiger charge is 2.16. The maximum absolute atomic E-state index is 12.3. The molecule has 0 saturated carbocycles. The first kappa shape index (κ1) is 14.0. The Morgan fingerprint density at radius 2 is 2.10 bits per heavy atom. The molecule has 0 aliphatic heterocycles. The van der Waals surface area contributed by atoms with Gasteiger partial charge in [0.15, 0.2) is 0 Å². The number of nitrogens with one attached hydrogen (secondary N) is 1. The number of carbonyl (C=O) groups excluding carboxylic acids is 1. The quantitative estimate of drug-likeness (QED) is 0.791. The normalized spacial score (nSPS) is 10.8. The lowest BCUT2D eigenvalue weighted by Crippen LogP contribution is -2.11. The van der Waals surface area contributed by atoms with E-state index in [0.29, 0.717) is 11.8 Å². The van der Waals surface area contributed by atoms with E-state index in [1.54, 1.807) is 6.92 Å². The van der Waals surface area contributed by atoms with E-state index in [0.717, 1.165) is 25.9 Å². The van der Waals surface area contributed by atoms with Gasteiger partial charge in [0.2, 0.25) is 5.89 Å². The SMILES string of the molecule is Cc1nnc(-c2cc(NC(=O)c3sccc3C)c(C)s2)o1. The van der Waals surface area contributed by atoms with Crippen molar-refractivity contribution in [2.24, 2.45) is 0 Å². The van der Waals surface area contributed by atoms with Crippen LogP contribution in [0.1, 0.15) is 26.0 Å². The molecule has 0 aliphatic rings. The van der Waals surface area contributed by atoms with E-state index >= 15 is 0 Å². The highest BCUT2D eigenvalue weighted by atomic mass is 32.1. The average molecular weight is 319 g/mol. The molecule has 0 fully saturated rings. The lowest BCUT2D eigenvalue weighted by Gasteiger charge is -2.03. The third-order valence-electron chi connectivity index (χ3n) is 2.97. The molecule has 3 aromatic rings. The Kier molecular flexibility index (Phi) is 3.60. The first-order valence-corrected chi connectivity index (χ1v) is 8.00. The van der Waals surface area contributed by atoms with Gasteiger partial charge in [0.25, 0.3) is 11.8 Å². The average Bonchev–Trinajstić information content (AvgIpc) is 3.12. The first-order chi connectivity index (χ1) is 10.0. The van der Waals surface area contributed by atoms with E-state index < -0.39 is 0 Å². The molecule has 7 heteroatoms. The van der Waals surface area contributed by atoms with Crippen LogP contribution in [0.15, 0.2) is 21.9 Å². The Hall–Kier alpha value is -1.99. The Morgan fingerprint density at radius 1 is 1.29 bits per heavy atom. The second kappa shape index (κ2) is 5.42. The van der Waals surface area contributed by atoms with E-state index in [9.17, 15) is 4.79 Å². The van der Waals surface area contributed by atoms with Crippen molar-refractivity contribution in [1.82, 2.24) is 10.2 Å². The Labute approximate surface area is 129 Å².